The van der Waals surface area contributed by atoms with Crippen LogP contribution in [0.1, 0.15) is 12.5 Å². The predicted molar refractivity (Wildman–Crippen MR) is 68.1 cm³/mol. The molecule has 4 nitrogen and oxygen atoms in total. The lowest BCUT2D eigenvalue weighted by Gasteiger charge is -2.12. The molecule has 3 N–H and O–H groups in total. The Kier molecular flexibility index (Phi) is 5.82. The van der Waals surface area contributed by atoms with Crippen molar-refractivity contribution in [1.82, 2.24) is 5.32 Å². The number of amides is 1. The van der Waals surface area contributed by atoms with Crippen molar-refractivity contribution in [3.8, 4) is 5.75 Å². The lowest BCUT2D eigenvalue weighted by molar-refractivity contribution is -0.153. The molecule has 112 valence electrons. The van der Waals surface area contributed by atoms with E-state index < -0.39 is 12.8 Å². The lowest BCUT2D eigenvalue weighted by Crippen LogP contribution is -2.32. The highest BCUT2D eigenvalue weighted by atomic mass is 19.4. The summed E-state index contributed by atoms with van der Waals surface area (Å²) >= 11 is 0. The summed E-state index contributed by atoms with van der Waals surface area (Å²) < 4.78 is 40.7. The number of nitrogens with one attached hydrogen (secondary N) is 1. The Labute approximate surface area is 115 Å². The summed E-state index contributed by atoms with van der Waals surface area (Å²) in [5.41, 5.74) is 6.01. The molecule has 1 unspecified atom stereocenters. The Hall–Kier alpha value is -1.76. The molecule has 1 aromatic rings. The molecule has 1 atom stereocenters. The van der Waals surface area contributed by atoms with Crippen LogP contribution < -0.4 is 15.8 Å². The minimum Gasteiger partial charge on any atom is -0.484 e. The van der Waals surface area contributed by atoms with Gasteiger partial charge in [-0.3, -0.25) is 4.79 Å². The van der Waals surface area contributed by atoms with E-state index in [9.17, 15) is 18.0 Å². The molecule has 0 radical (unpaired) electrons. The molecule has 0 saturated carbocycles. The van der Waals surface area contributed by atoms with Gasteiger partial charge in [0.25, 0.3) is 0 Å². The number of hydrogen-bond donors (Lipinski definition) is 2. The van der Waals surface area contributed by atoms with Crippen molar-refractivity contribution in [2.75, 3.05) is 13.2 Å². The quantitative estimate of drug-likeness (QED) is 0.840. The predicted octanol–water partition coefficient (Wildman–Crippen LogP) is 1.84. The van der Waals surface area contributed by atoms with Crippen molar-refractivity contribution in [2.45, 2.75) is 19.6 Å². The maximum absolute atomic E-state index is 12.0. The van der Waals surface area contributed by atoms with Gasteiger partial charge in [-0.1, -0.05) is 19.1 Å². The molecule has 0 saturated heterocycles. The normalized spacial score (nSPS) is 12.8. The number of nitrogens with two attached hydrogens (primary N) is 1. The van der Waals surface area contributed by atoms with Crippen LogP contribution in [0.3, 0.4) is 0 Å². The van der Waals surface area contributed by atoms with Gasteiger partial charge in [0.15, 0.2) is 6.61 Å². The molecule has 7 heteroatoms. The van der Waals surface area contributed by atoms with E-state index in [-0.39, 0.29) is 30.7 Å². The maximum Gasteiger partial charge on any atom is 0.422 e. The van der Waals surface area contributed by atoms with Crippen molar-refractivity contribution in [3.63, 3.8) is 0 Å². The molecule has 0 aliphatic rings. The summed E-state index contributed by atoms with van der Waals surface area (Å²) in [5, 5.41) is 2.65. The Morgan fingerprint density at radius 2 is 2.15 bits per heavy atom. The summed E-state index contributed by atoms with van der Waals surface area (Å²) in [4.78, 5) is 11.5. The van der Waals surface area contributed by atoms with E-state index in [1.165, 1.54) is 12.1 Å². The van der Waals surface area contributed by atoms with E-state index in [1.54, 1.807) is 19.1 Å². The van der Waals surface area contributed by atoms with E-state index in [1.807, 2.05) is 0 Å². The summed E-state index contributed by atoms with van der Waals surface area (Å²) in [5.74, 6) is -0.394. The Bertz CT molecular complexity index is 449. The molecule has 0 spiro atoms. The smallest absolute Gasteiger partial charge is 0.422 e. The van der Waals surface area contributed by atoms with Crippen LogP contribution in [0.4, 0.5) is 13.2 Å². The number of alkyl halides is 3. The van der Waals surface area contributed by atoms with E-state index in [0.29, 0.717) is 5.56 Å². The van der Waals surface area contributed by atoms with Gasteiger partial charge in [0.1, 0.15) is 5.75 Å². The maximum atomic E-state index is 12.0. The fraction of sp³-hybridized carbons (Fsp3) is 0.462. The van der Waals surface area contributed by atoms with Gasteiger partial charge in [-0.05, 0) is 17.7 Å². The first-order chi connectivity index (χ1) is 9.31. The molecule has 20 heavy (non-hydrogen) atoms. The highest BCUT2D eigenvalue weighted by Gasteiger charge is 2.28. The monoisotopic (exact) mass is 290 g/mol. The van der Waals surface area contributed by atoms with Gasteiger partial charge >= 0.3 is 6.18 Å². The summed E-state index contributed by atoms with van der Waals surface area (Å²) in [7, 11) is 0. The van der Waals surface area contributed by atoms with E-state index in [2.05, 4.69) is 10.1 Å². The number of hydrogen-bond acceptors (Lipinski definition) is 3. The topological polar surface area (TPSA) is 64.4 Å². The summed E-state index contributed by atoms with van der Waals surface area (Å²) in [6.45, 7) is 0.804. The van der Waals surface area contributed by atoms with Gasteiger partial charge in [-0.2, -0.15) is 13.2 Å². The fourth-order valence-corrected chi connectivity index (χ4v) is 1.38. The zero-order valence-electron chi connectivity index (χ0n) is 11.0. The van der Waals surface area contributed by atoms with Gasteiger partial charge in [0.2, 0.25) is 5.91 Å². The number of halogens is 3. The summed E-state index contributed by atoms with van der Waals surface area (Å²) in [6, 6.07) is 6.14. The minimum atomic E-state index is -4.37. The van der Waals surface area contributed by atoms with Crippen LogP contribution in [-0.4, -0.2) is 25.2 Å². The van der Waals surface area contributed by atoms with Crippen molar-refractivity contribution >= 4 is 5.91 Å². The van der Waals surface area contributed by atoms with E-state index >= 15 is 0 Å². The highest BCUT2D eigenvalue weighted by Crippen LogP contribution is 2.19. The second-order valence-electron chi connectivity index (χ2n) is 4.41. The van der Waals surface area contributed by atoms with E-state index in [4.69, 9.17) is 5.73 Å². The first-order valence-electron chi connectivity index (χ1n) is 6.08. The van der Waals surface area contributed by atoms with Crippen molar-refractivity contribution in [3.05, 3.63) is 29.8 Å². The van der Waals surface area contributed by atoms with Crippen molar-refractivity contribution < 1.29 is 22.7 Å². The number of carbonyl (C=O) groups is 1. The van der Waals surface area contributed by atoms with Gasteiger partial charge in [-0.25, -0.2) is 0 Å². The molecule has 0 fully saturated rings. The number of ether oxygens (including phenoxy) is 1. The van der Waals surface area contributed by atoms with Crippen LogP contribution in [0.15, 0.2) is 24.3 Å². The van der Waals surface area contributed by atoms with Gasteiger partial charge in [-0.15, -0.1) is 0 Å². The molecule has 0 aliphatic heterocycles. The molecular formula is C13H17F3N2O2. The molecule has 1 aromatic carbocycles. The van der Waals surface area contributed by atoms with Crippen molar-refractivity contribution in [2.24, 2.45) is 11.7 Å². The molecule has 0 aromatic heterocycles. The summed E-state index contributed by atoms with van der Waals surface area (Å²) in [6.07, 6.45) is -4.37. The standard InChI is InChI=1S/C13H17F3N2O2/c1-9(6-17)12(19)18-7-10-3-2-4-11(5-10)20-8-13(14,15)16/h2-5,9H,6-8,17H2,1H3,(H,18,19). The van der Waals surface area contributed by atoms with Gasteiger partial charge in [0.05, 0.1) is 0 Å². The zero-order chi connectivity index (χ0) is 15.2. The Balaban J connectivity index is 2.53. The van der Waals surface area contributed by atoms with E-state index in [0.717, 1.165) is 0 Å². The van der Waals surface area contributed by atoms with Crippen LogP contribution >= 0.6 is 0 Å². The second-order valence-corrected chi connectivity index (χ2v) is 4.41. The third kappa shape index (κ3) is 5.92. The lowest BCUT2D eigenvalue weighted by atomic mass is 10.1. The molecule has 1 rings (SSSR count). The van der Waals surface area contributed by atoms with Gasteiger partial charge < -0.3 is 15.8 Å². The Morgan fingerprint density at radius 3 is 2.75 bits per heavy atom. The Morgan fingerprint density at radius 1 is 1.45 bits per heavy atom. The minimum absolute atomic E-state index is 0.112. The fourth-order valence-electron chi connectivity index (χ4n) is 1.38. The molecular weight excluding hydrogens is 273 g/mol. The number of rotatable bonds is 6. The SMILES string of the molecule is CC(CN)C(=O)NCc1cccc(OCC(F)(F)F)c1. The highest BCUT2D eigenvalue weighted by molar-refractivity contribution is 5.78. The van der Waals surface area contributed by atoms with Crippen LogP contribution in [0.5, 0.6) is 5.75 Å². The third-order valence-electron chi connectivity index (χ3n) is 2.57. The average molecular weight is 290 g/mol. The largest absolute Gasteiger partial charge is 0.484 e. The molecule has 1 amide bonds. The molecule has 0 bridgehead atoms. The van der Waals surface area contributed by atoms with Crippen LogP contribution in [0.2, 0.25) is 0 Å². The van der Waals surface area contributed by atoms with Crippen LogP contribution in [0.25, 0.3) is 0 Å². The van der Waals surface area contributed by atoms with Gasteiger partial charge in [0, 0.05) is 19.0 Å². The van der Waals surface area contributed by atoms with Crippen LogP contribution in [0, 0.1) is 5.92 Å². The second kappa shape index (κ2) is 7.14. The zero-order valence-corrected chi connectivity index (χ0v) is 11.0. The first kappa shape index (κ1) is 16.3. The molecule has 0 heterocycles. The third-order valence-corrected chi connectivity index (χ3v) is 2.57. The van der Waals surface area contributed by atoms with Crippen LogP contribution in [-0.2, 0) is 11.3 Å². The first-order valence-corrected chi connectivity index (χ1v) is 6.08. The average Bonchev–Trinajstić information content (AvgIpc) is 2.41. The molecule has 0 aliphatic carbocycles. The number of carbonyl (C=O) groups excluding carboxylic acids is 1. The van der Waals surface area contributed by atoms with Crippen molar-refractivity contribution in [1.29, 1.82) is 0 Å². The number of benzene rings is 1.